The Bertz CT molecular complexity index is 628. The van der Waals surface area contributed by atoms with Gasteiger partial charge >= 0.3 is 0 Å². The van der Waals surface area contributed by atoms with Gasteiger partial charge in [0, 0.05) is 16.0 Å². The summed E-state index contributed by atoms with van der Waals surface area (Å²) in [7, 11) is 0. The highest BCUT2D eigenvalue weighted by Gasteiger charge is 2.42. The topological polar surface area (TPSA) is 25.8 Å². The van der Waals surface area contributed by atoms with Crippen molar-refractivity contribution in [3.63, 3.8) is 0 Å². The Labute approximate surface area is 126 Å². The van der Waals surface area contributed by atoms with Crippen molar-refractivity contribution in [3.8, 4) is 11.1 Å². The third kappa shape index (κ3) is 2.33. The molecule has 1 heterocycles. The van der Waals surface area contributed by atoms with Crippen LogP contribution in [0, 0.1) is 0 Å². The summed E-state index contributed by atoms with van der Waals surface area (Å²) in [5.41, 5.74) is 1.39. The van der Waals surface area contributed by atoms with Gasteiger partial charge < -0.3 is 0 Å². The summed E-state index contributed by atoms with van der Waals surface area (Å²) in [6, 6.07) is 7.38. The standard InChI is InChI=1S/C14H11Cl3N2/c1-14(6-7-14)13-18-11(16)10(12(17)19-13)8-4-2-3-5-9(8)15/h2-5H,6-7H2,1H3. The van der Waals surface area contributed by atoms with Gasteiger partial charge in [-0.15, -0.1) is 0 Å². The maximum Gasteiger partial charge on any atom is 0.142 e. The first kappa shape index (κ1) is 13.2. The van der Waals surface area contributed by atoms with E-state index in [0.29, 0.717) is 20.9 Å². The van der Waals surface area contributed by atoms with E-state index in [-0.39, 0.29) is 5.41 Å². The number of rotatable bonds is 2. The van der Waals surface area contributed by atoms with E-state index in [1.165, 1.54) is 0 Å². The van der Waals surface area contributed by atoms with Crippen LogP contribution >= 0.6 is 34.8 Å². The van der Waals surface area contributed by atoms with Gasteiger partial charge in [0.05, 0.1) is 5.56 Å². The minimum Gasteiger partial charge on any atom is -0.220 e. The molecule has 0 radical (unpaired) electrons. The second-order valence-electron chi connectivity index (χ2n) is 5.04. The van der Waals surface area contributed by atoms with Crippen LogP contribution in [0.5, 0.6) is 0 Å². The molecule has 0 atom stereocenters. The van der Waals surface area contributed by atoms with Crippen LogP contribution in [0.3, 0.4) is 0 Å². The summed E-state index contributed by atoms with van der Waals surface area (Å²) >= 11 is 18.7. The normalized spacial score (nSPS) is 16.4. The van der Waals surface area contributed by atoms with Crippen molar-refractivity contribution in [2.24, 2.45) is 0 Å². The zero-order chi connectivity index (χ0) is 13.6. The molecule has 1 aromatic carbocycles. The maximum absolute atomic E-state index is 6.28. The van der Waals surface area contributed by atoms with Crippen molar-refractivity contribution >= 4 is 34.8 Å². The molecule has 98 valence electrons. The maximum atomic E-state index is 6.28. The van der Waals surface area contributed by atoms with Crippen LogP contribution in [-0.2, 0) is 5.41 Å². The fourth-order valence-corrected chi connectivity index (χ4v) is 2.80. The predicted octanol–water partition coefficient (Wildman–Crippen LogP) is 5.16. The Morgan fingerprint density at radius 1 is 1.00 bits per heavy atom. The van der Waals surface area contributed by atoms with E-state index in [1.807, 2.05) is 18.2 Å². The van der Waals surface area contributed by atoms with Gasteiger partial charge in [0.25, 0.3) is 0 Å². The summed E-state index contributed by atoms with van der Waals surface area (Å²) in [6.07, 6.45) is 2.15. The molecule has 1 fully saturated rings. The summed E-state index contributed by atoms with van der Waals surface area (Å²) in [4.78, 5) is 8.79. The Kier molecular flexibility index (Phi) is 3.20. The van der Waals surface area contributed by atoms with Gasteiger partial charge in [0.2, 0.25) is 0 Å². The van der Waals surface area contributed by atoms with Gasteiger partial charge in [-0.3, -0.25) is 0 Å². The summed E-state index contributed by atoms with van der Waals surface area (Å²) in [5.74, 6) is 0.721. The lowest BCUT2D eigenvalue weighted by atomic mass is 10.1. The first-order valence-electron chi connectivity index (χ1n) is 6.00. The lowest BCUT2D eigenvalue weighted by Crippen LogP contribution is -2.08. The number of hydrogen-bond donors (Lipinski definition) is 0. The number of nitrogens with zero attached hydrogens (tertiary/aromatic N) is 2. The third-order valence-electron chi connectivity index (χ3n) is 3.50. The predicted molar refractivity (Wildman–Crippen MR) is 79.1 cm³/mol. The smallest absolute Gasteiger partial charge is 0.142 e. The first-order valence-corrected chi connectivity index (χ1v) is 7.13. The molecule has 5 heteroatoms. The molecule has 1 aliphatic carbocycles. The average Bonchev–Trinajstić information content (AvgIpc) is 3.10. The summed E-state index contributed by atoms with van der Waals surface area (Å²) in [5, 5.41) is 1.30. The van der Waals surface area contributed by atoms with Crippen LogP contribution in [0.2, 0.25) is 15.3 Å². The number of halogens is 3. The minimum absolute atomic E-state index is 0.0340. The SMILES string of the molecule is CC1(c2nc(Cl)c(-c3ccccc3Cl)c(Cl)n2)CC1. The van der Waals surface area contributed by atoms with Crippen LogP contribution in [0.25, 0.3) is 11.1 Å². The van der Waals surface area contributed by atoms with E-state index in [1.54, 1.807) is 6.07 Å². The van der Waals surface area contributed by atoms with Crippen molar-refractivity contribution < 1.29 is 0 Å². The molecule has 2 aromatic rings. The number of hydrogen-bond acceptors (Lipinski definition) is 2. The molecule has 0 amide bonds. The van der Waals surface area contributed by atoms with Crippen LogP contribution in [0.1, 0.15) is 25.6 Å². The molecule has 1 saturated carbocycles. The second kappa shape index (κ2) is 4.62. The van der Waals surface area contributed by atoms with E-state index in [2.05, 4.69) is 16.9 Å². The van der Waals surface area contributed by atoms with Crippen molar-refractivity contribution in [2.75, 3.05) is 0 Å². The van der Waals surface area contributed by atoms with Gasteiger partial charge in [-0.2, -0.15) is 0 Å². The van der Waals surface area contributed by atoms with Crippen molar-refractivity contribution in [1.29, 1.82) is 0 Å². The molecule has 0 saturated heterocycles. The number of aromatic nitrogens is 2. The molecule has 0 spiro atoms. The molecule has 3 rings (SSSR count). The molecular formula is C14H11Cl3N2. The molecule has 0 bridgehead atoms. The van der Waals surface area contributed by atoms with Crippen LogP contribution in [0.4, 0.5) is 0 Å². The zero-order valence-electron chi connectivity index (χ0n) is 10.3. The van der Waals surface area contributed by atoms with Gasteiger partial charge in [-0.25, -0.2) is 9.97 Å². The van der Waals surface area contributed by atoms with Crippen molar-refractivity contribution in [2.45, 2.75) is 25.2 Å². The van der Waals surface area contributed by atoms with E-state index in [9.17, 15) is 0 Å². The van der Waals surface area contributed by atoms with Gasteiger partial charge in [0.15, 0.2) is 0 Å². The second-order valence-corrected chi connectivity index (χ2v) is 6.17. The van der Waals surface area contributed by atoms with E-state index in [0.717, 1.165) is 24.2 Å². The Balaban J connectivity index is 2.16. The highest BCUT2D eigenvalue weighted by molar-refractivity contribution is 6.40. The van der Waals surface area contributed by atoms with Crippen LogP contribution < -0.4 is 0 Å². The van der Waals surface area contributed by atoms with E-state index >= 15 is 0 Å². The molecule has 0 unspecified atom stereocenters. The lowest BCUT2D eigenvalue weighted by molar-refractivity contribution is 0.709. The molecule has 2 nitrogen and oxygen atoms in total. The molecule has 1 aromatic heterocycles. The van der Waals surface area contributed by atoms with Crippen molar-refractivity contribution in [3.05, 3.63) is 45.4 Å². The van der Waals surface area contributed by atoms with Crippen molar-refractivity contribution in [1.82, 2.24) is 9.97 Å². The Morgan fingerprint density at radius 3 is 2.11 bits per heavy atom. The lowest BCUT2D eigenvalue weighted by Gasteiger charge is -2.12. The first-order chi connectivity index (χ1) is 9.01. The molecule has 1 aliphatic rings. The molecule has 0 aliphatic heterocycles. The van der Waals surface area contributed by atoms with E-state index in [4.69, 9.17) is 34.8 Å². The van der Waals surface area contributed by atoms with Gasteiger partial charge in [-0.05, 0) is 18.9 Å². The molecule has 0 N–H and O–H groups in total. The number of benzene rings is 1. The highest BCUT2D eigenvalue weighted by atomic mass is 35.5. The fourth-order valence-electron chi connectivity index (χ4n) is 1.98. The van der Waals surface area contributed by atoms with Crippen LogP contribution in [-0.4, -0.2) is 9.97 Å². The highest BCUT2D eigenvalue weighted by Crippen LogP contribution is 2.47. The van der Waals surface area contributed by atoms with Crippen LogP contribution in [0.15, 0.2) is 24.3 Å². The van der Waals surface area contributed by atoms with Gasteiger partial charge in [-0.1, -0.05) is 59.9 Å². The third-order valence-corrected chi connectivity index (χ3v) is 4.38. The van der Waals surface area contributed by atoms with Gasteiger partial charge in [0.1, 0.15) is 16.1 Å². The minimum atomic E-state index is 0.0340. The summed E-state index contributed by atoms with van der Waals surface area (Å²) in [6.45, 7) is 2.12. The molecular weight excluding hydrogens is 303 g/mol. The average molecular weight is 314 g/mol. The zero-order valence-corrected chi connectivity index (χ0v) is 12.5. The van der Waals surface area contributed by atoms with E-state index < -0.39 is 0 Å². The summed E-state index contributed by atoms with van der Waals surface area (Å²) < 4.78 is 0. The Hall–Kier alpha value is -0.830. The largest absolute Gasteiger partial charge is 0.220 e. The Morgan fingerprint density at radius 2 is 1.58 bits per heavy atom. The molecule has 19 heavy (non-hydrogen) atoms. The quantitative estimate of drug-likeness (QED) is 0.716. The fraction of sp³-hybridized carbons (Fsp3) is 0.286. The monoisotopic (exact) mass is 312 g/mol.